The lowest BCUT2D eigenvalue weighted by Gasteiger charge is -2.27. The highest BCUT2D eigenvalue weighted by Crippen LogP contribution is 2.18. The Balaban J connectivity index is 1.93. The minimum atomic E-state index is 0.240. The summed E-state index contributed by atoms with van der Waals surface area (Å²) in [6, 6.07) is 0.275. The maximum atomic E-state index is 9.52. The molecular weight excluding hydrogens is 252 g/mol. The van der Waals surface area contributed by atoms with Crippen molar-refractivity contribution < 1.29 is 5.11 Å². The van der Waals surface area contributed by atoms with Crippen molar-refractivity contribution in [3.63, 3.8) is 0 Å². The van der Waals surface area contributed by atoms with Crippen LogP contribution in [-0.2, 0) is 6.54 Å². The number of aliphatic hydroxyl groups excluding tert-OH is 1. The molecule has 20 heavy (non-hydrogen) atoms. The first-order chi connectivity index (χ1) is 9.83. The Morgan fingerprint density at radius 2 is 2.20 bits per heavy atom. The fraction of sp³-hybridized carbons (Fsp3) is 0.733. The predicted molar refractivity (Wildman–Crippen MR) is 80.6 cm³/mol. The number of anilines is 1. The van der Waals surface area contributed by atoms with Gasteiger partial charge < -0.3 is 10.4 Å². The van der Waals surface area contributed by atoms with Crippen LogP contribution in [0, 0.1) is 0 Å². The molecule has 1 fully saturated rings. The van der Waals surface area contributed by atoms with E-state index in [1.54, 1.807) is 6.20 Å². The lowest BCUT2D eigenvalue weighted by molar-refractivity contribution is 0.117. The molecule has 1 saturated heterocycles. The molecule has 112 valence electrons. The Morgan fingerprint density at radius 1 is 1.30 bits per heavy atom. The molecular formula is C15H26N4O. The summed E-state index contributed by atoms with van der Waals surface area (Å²) in [5.41, 5.74) is 0.979. The third kappa shape index (κ3) is 4.42. The minimum Gasteiger partial charge on any atom is -0.395 e. The zero-order valence-electron chi connectivity index (χ0n) is 12.4. The van der Waals surface area contributed by atoms with Crippen LogP contribution in [0.5, 0.6) is 0 Å². The van der Waals surface area contributed by atoms with E-state index in [9.17, 15) is 5.11 Å². The van der Waals surface area contributed by atoms with E-state index in [1.807, 2.05) is 6.20 Å². The highest BCUT2D eigenvalue weighted by Gasteiger charge is 2.20. The fourth-order valence-electron chi connectivity index (χ4n) is 2.64. The van der Waals surface area contributed by atoms with Gasteiger partial charge in [-0.1, -0.05) is 19.8 Å². The maximum absolute atomic E-state index is 9.52. The van der Waals surface area contributed by atoms with Gasteiger partial charge in [0, 0.05) is 19.1 Å². The third-order valence-electron chi connectivity index (χ3n) is 3.84. The number of hydrogen-bond donors (Lipinski definition) is 2. The first kappa shape index (κ1) is 15.2. The SMILES string of the molecule is CCCNc1cnc(CN2CCCCCC2CO)cn1. The van der Waals surface area contributed by atoms with Crippen molar-refractivity contribution in [1.82, 2.24) is 14.9 Å². The van der Waals surface area contributed by atoms with Gasteiger partial charge in [-0.25, -0.2) is 4.98 Å². The van der Waals surface area contributed by atoms with E-state index in [-0.39, 0.29) is 12.6 Å². The summed E-state index contributed by atoms with van der Waals surface area (Å²) < 4.78 is 0. The largest absolute Gasteiger partial charge is 0.395 e. The number of nitrogens with zero attached hydrogens (tertiary/aromatic N) is 3. The van der Waals surface area contributed by atoms with Crippen LogP contribution in [0.1, 0.15) is 44.7 Å². The van der Waals surface area contributed by atoms with Crippen molar-refractivity contribution >= 4 is 5.82 Å². The highest BCUT2D eigenvalue weighted by atomic mass is 16.3. The molecule has 0 aliphatic carbocycles. The van der Waals surface area contributed by atoms with Crippen molar-refractivity contribution in [1.29, 1.82) is 0 Å². The van der Waals surface area contributed by atoms with Gasteiger partial charge in [0.1, 0.15) is 5.82 Å². The molecule has 2 rings (SSSR count). The maximum Gasteiger partial charge on any atom is 0.144 e. The Kier molecular flexibility index (Phi) is 6.21. The quantitative estimate of drug-likeness (QED) is 0.834. The Hall–Kier alpha value is -1.20. The van der Waals surface area contributed by atoms with Crippen LogP contribution in [0.25, 0.3) is 0 Å². The summed E-state index contributed by atoms with van der Waals surface area (Å²) in [7, 11) is 0. The van der Waals surface area contributed by atoms with Gasteiger partial charge >= 0.3 is 0 Å². The van der Waals surface area contributed by atoms with Crippen LogP contribution >= 0.6 is 0 Å². The molecule has 5 nitrogen and oxygen atoms in total. The average molecular weight is 278 g/mol. The molecule has 1 unspecified atom stereocenters. The van der Waals surface area contributed by atoms with E-state index in [0.717, 1.165) is 44.0 Å². The lowest BCUT2D eigenvalue weighted by Crippen LogP contribution is -2.37. The summed E-state index contributed by atoms with van der Waals surface area (Å²) in [4.78, 5) is 11.2. The third-order valence-corrected chi connectivity index (χ3v) is 3.84. The van der Waals surface area contributed by atoms with Crippen molar-refractivity contribution in [2.24, 2.45) is 0 Å². The molecule has 1 aromatic rings. The average Bonchev–Trinajstić information content (AvgIpc) is 2.71. The van der Waals surface area contributed by atoms with Gasteiger partial charge in [0.15, 0.2) is 0 Å². The van der Waals surface area contributed by atoms with Gasteiger partial charge in [0.25, 0.3) is 0 Å². The summed E-state index contributed by atoms with van der Waals surface area (Å²) in [5.74, 6) is 0.838. The van der Waals surface area contributed by atoms with Crippen LogP contribution in [0.3, 0.4) is 0 Å². The van der Waals surface area contributed by atoms with E-state index in [2.05, 4.69) is 27.1 Å². The standard InChI is InChI=1S/C15H26N4O/c1-2-7-16-15-10-17-13(9-18-15)11-19-8-5-3-4-6-14(19)12-20/h9-10,14,20H,2-8,11-12H2,1H3,(H,16,18). The van der Waals surface area contributed by atoms with Crippen molar-refractivity contribution in [3.05, 3.63) is 18.1 Å². The van der Waals surface area contributed by atoms with Crippen LogP contribution < -0.4 is 5.32 Å². The smallest absolute Gasteiger partial charge is 0.144 e. The van der Waals surface area contributed by atoms with Crippen molar-refractivity contribution in [2.45, 2.75) is 51.6 Å². The lowest BCUT2D eigenvalue weighted by atomic mass is 10.1. The van der Waals surface area contributed by atoms with Gasteiger partial charge in [-0.15, -0.1) is 0 Å². The van der Waals surface area contributed by atoms with Crippen LogP contribution in [0.4, 0.5) is 5.82 Å². The molecule has 1 aliphatic heterocycles. The zero-order chi connectivity index (χ0) is 14.2. The monoisotopic (exact) mass is 278 g/mol. The normalized spacial score (nSPS) is 20.6. The number of aromatic nitrogens is 2. The predicted octanol–water partition coefficient (Wildman–Crippen LogP) is 2.04. The van der Waals surface area contributed by atoms with E-state index in [4.69, 9.17) is 0 Å². The number of hydrogen-bond acceptors (Lipinski definition) is 5. The molecule has 0 bridgehead atoms. The minimum absolute atomic E-state index is 0.240. The van der Waals surface area contributed by atoms with Gasteiger partial charge in [-0.2, -0.15) is 0 Å². The van der Waals surface area contributed by atoms with Gasteiger partial charge in [-0.3, -0.25) is 9.88 Å². The first-order valence-electron chi connectivity index (χ1n) is 7.73. The summed E-state index contributed by atoms with van der Waals surface area (Å²) in [5, 5.41) is 12.7. The number of rotatable bonds is 6. The van der Waals surface area contributed by atoms with Gasteiger partial charge in [0.2, 0.25) is 0 Å². The molecule has 2 N–H and O–H groups in total. The van der Waals surface area contributed by atoms with E-state index < -0.39 is 0 Å². The number of nitrogens with one attached hydrogen (secondary N) is 1. The van der Waals surface area contributed by atoms with E-state index in [1.165, 1.54) is 19.3 Å². The second-order valence-electron chi connectivity index (χ2n) is 5.48. The number of likely N-dealkylation sites (tertiary alicyclic amines) is 1. The van der Waals surface area contributed by atoms with Crippen LogP contribution in [-0.4, -0.2) is 45.7 Å². The molecule has 1 aliphatic rings. The molecule has 0 spiro atoms. The topological polar surface area (TPSA) is 61.3 Å². The van der Waals surface area contributed by atoms with Crippen LogP contribution in [0.2, 0.25) is 0 Å². The molecule has 0 aromatic carbocycles. The van der Waals surface area contributed by atoms with Gasteiger partial charge in [0.05, 0.1) is 24.7 Å². The molecule has 2 heterocycles. The highest BCUT2D eigenvalue weighted by molar-refractivity contribution is 5.30. The molecule has 1 atom stereocenters. The fourth-order valence-corrected chi connectivity index (χ4v) is 2.64. The summed E-state index contributed by atoms with van der Waals surface area (Å²) in [6.07, 6.45) is 9.50. The molecule has 0 amide bonds. The molecule has 1 aromatic heterocycles. The van der Waals surface area contributed by atoms with Crippen LogP contribution in [0.15, 0.2) is 12.4 Å². The second kappa shape index (κ2) is 8.17. The molecule has 5 heteroatoms. The second-order valence-corrected chi connectivity index (χ2v) is 5.48. The zero-order valence-corrected chi connectivity index (χ0v) is 12.4. The summed E-state index contributed by atoms with van der Waals surface area (Å²) in [6.45, 7) is 5.12. The van der Waals surface area contributed by atoms with Gasteiger partial charge in [-0.05, 0) is 25.8 Å². The van der Waals surface area contributed by atoms with Crippen molar-refractivity contribution in [3.8, 4) is 0 Å². The Bertz CT molecular complexity index is 382. The Morgan fingerprint density at radius 3 is 2.90 bits per heavy atom. The number of aliphatic hydroxyl groups is 1. The first-order valence-corrected chi connectivity index (χ1v) is 7.73. The Labute approximate surface area is 121 Å². The molecule has 0 radical (unpaired) electrons. The van der Waals surface area contributed by atoms with E-state index >= 15 is 0 Å². The summed E-state index contributed by atoms with van der Waals surface area (Å²) >= 11 is 0. The van der Waals surface area contributed by atoms with Crippen molar-refractivity contribution in [2.75, 3.05) is 25.0 Å². The molecule has 0 saturated carbocycles. The van der Waals surface area contributed by atoms with E-state index in [0.29, 0.717) is 0 Å².